The number of carbonyl (C=O) groups excluding carboxylic acids is 2. The monoisotopic (exact) mass is 425 g/mol. The van der Waals surface area contributed by atoms with E-state index >= 15 is 0 Å². The van der Waals surface area contributed by atoms with Crippen molar-refractivity contribution in [1.82, 2.24) is 10.6 Å². The number of ether oxygens (including phenoxy) is 1. The van der Waals surface area contributed by atoms with E-state index in [1.54, 1.807) is 17.9 Å². The molecule has 0 unspecified atom stereocenters. The molecule has 0 bridgehead atoms. The van der Waals surface area contributed by atoms with Crippen molar-refractivity contribution in [2.75, 3.05) is 31.1 Å². The number of nitrogens with zero attached hydrogens (tertiary/aromatic N) is 1. The summed E-state index contributed by atoms with van der Waals surface area (Å²) in [6.07, 6.45) is 0.681. The molecule has 0 aromatic heterocycles. The molecule has 8 heteroatoms. The number of hydrogen-bond acceptors (Lipinski definition) is 4. The highest BCUT2D eigenvalue weighted by molar-refractivity contribution is 6.35. The van der Waals surface area contributed by atoms with Crippen LogP contribution in [0.15, 0.2) is 17.3 Å². The van der Waals surface area contributed by atoms with Crippen LogP contribution in [0.5, 0.6) is 5.75 Å². The molecule has 1 aliphatic heterocycles. The van der Waals surface area contributed by atoms with E-state index in [4.69, 9.17) is 27.9 Å². The van der Waals surface area contributed by atoms with Gasteiger partial charge in [0.05, 0.1) is 17.3 Å². The fourth-order valence-corrected chi connectivity index (χ4v) is 2.86. The summed E-state index contributed by atoms with van der Waals surface area (Å²) in [5.74, 6) is 6.15. The first-order chi connectivity index (χ1) is 13.4. The number of fused-ring (bicyclic) bond motifs is 1. The molecule has 0 atom stereocenters. The number of allylic oxidation sites excluding steroid dienone is 1. The number of benzene rings is 1. The molecule has 1 aromatic rings. The summed E-state index contributed by atoms with van der Waals surface area (Å²) in [6.45, 7) is 9.18. The Hall–Kier alpha value is -2.36. The molecule has 0 spiro atoms. The van der Waals surface area contributed by atoms with Crippen LogP contribution in [0.25, 0.3) is 5.57 Å². The number of amides is 2. The van der Waals surface area contributed by atoms with Crippen molar-refractivity contribution >= 4 is 46.8 Å². The van der Waals surface area contributed by atoms with Crippen LogP contribution in [-0.2, 0) is 9.59 Å². The van der Waals surface area contributed by atoms with Gasteiger partial charge in [-0.05, 0) is 39.3 Å². The molecule has 1 aliphatic rings. The van der Waals surface area contributed by atoms with Crippen LogP contribution in [-0.4, -0.2) is 38.6 Å². The zero-order valence-corrected chi connectivity index (χ0v) is 18.0. The Kier molecular flexibility index (Phi) is 10.3. The minimum Gasteiger partial charge on any atom is -0.482 e. The van der Waals surface area contributed by atoms with E-state index in [9.17, 15) is 9.59 Å². The molecule has 0 saturated carbocycles. The van der Waals surface area contributed by atoms with Gasteiger partial charge in [0, 0.05) is 24.7 Å². The van der Waals surface area contributed by atoms with Gasteiger partial charge in [0.1, 0.15) is 10.9 Å². The van der Waals surface area contributed by atoms with Crippen molar-refractivity contribution in [2.24, 2.45) is 0 Å². The summed E-state index contributed by atoms with van der Waals surface area (Å²) in [4.78, 5) is 23.0. The maximum atomic E-state index is 12.1. The lowest BCUT2D eigenvalue weighted by Crippen LogP contribution is -2.39. The smallest absolute Gasteiger partial charge is 0.265 e. The number of anilines is 1. The fraction of sp³-hybridized carbons (Fsp3) is 0.400. The normalized spacial score (nSPS) is 12.9. The molecule has 2 amide bonds. The van der Waals surface area contributed by atoms with E-state index in [2.05, 4.69) is 22.5 Å². The summed E-state index contributed by atoms with van der Waals surface area (Å²) >= 11 is 12.6. The summed E-state index contributed by atoms with van der Waals surface area (Å²) in [5, 5.41) is 6.53. The predicted octanol–water partition coefficient (Wildman–Crippen LogP) is 3.38. The van der Waals surface area contributed by atoms with E-state index < -0.39 is 0 Å². The van der Waals surface area contributed by atoms with Crippen LogP contribution in [0.4, 0.5) is 5.69 Å². The Morgan fingerprint density at radius 1 is 1.36 bits per heavy atom. The second-order valence-corrected chi connectivity index (χ2v) is 6.43. The minimum atomic E-state index is -0.132. The third kappa shape index (κ3) is 6.36. The molecule has 28 heavy (non-hydrogen) atoms. The van der Waals surface area contributed by atoms with Gasteiger partial charge in [-0.1, -0.05) is 29.1 Å². The van der Waals surface area contributed by atoms with Crippen molar-refractivity contribution in [1.29, 1.82) is 0 Å². The highest BCUT2D eigenvalue weighted by atomic mass is 35.5. The molecule has 152 valence electrons. The van der Waals surface area contributed by atoms with Crippen LogP contribution in [0.1, 0.15) is 33.3 Å². The van der Waals surface area contributed by atoms with Crippen LogP contribution in [0, 0.1) is 11.8 Å². The topological polar surface area (TPSA) is 70.7 Å². The highest BCUT2D eigenvalue weighted by Crippen LogP contribution is 2.39. The van der Waals surface area contributed by atoms with Gasteiger partial charge < -0.3 is 15.4 Å². The average Bonchev–Trinajstić information content (AvgIpc) is 2.68. The van der Waals surface area contributed by atoms with Crippen molar-refractivity contribution < 1.29 is 14.3 Å². The standard InChI is InChI=1S/C17H18Cl2N2O2.C3H7NO/c1-4-6-7-21-14-8-12(11(3)17(19)20-5-2)13(18)9-15(14)23-10-16(21)22;1-2-4-3-5/h8-9,20H,5,7,10H2,1-3H3;3H,2H2,1H3,(H,4,5)/b17-11+;. The predicted molar refractivity (Wildman–Crippen MR) is 115 cm³/mol. The largest absolute Gasteiger partial charge is 0.482 e. The van der Waals surface area contributed by atoms with Gasteiger partial charge in [-0.3, -0.25) is 14.5 Å². The Morgan fingerprint density at radius 3 is 2.61 bits per heavy atom. The first kappa shape index (κ1) is 23.7. The number of hydrogen-bond donors (Lipinski definition) is 2. The van der Waals surface area contributed by atoms with Crippen LogP contribution >= 0.6 is 23.2 Å². The second-order valence-electron chi connectivity index (χ2n) is 5.64. The molecular formula is C20H25Cl2N3O3. The average molecular weight is 426 g/mol. The zero-order chi connectivity index (χ0) is 21.1. The van der Waals surface area contributed by atoms with Crippen molar-refractivity contribution in [3.8, 4) is 17.6 Å². The van der Waals surface area contributed by atoms with Gasteiger partial charge in [0.25, 0.3) is 5.91 Å². The lowest BCUT2D eigenvalue weighted by molar-refractivity contribution is -0.121. The third-order valence-corrected chi connectivity index (χ3v) is 4.49. The molecular weight excluding hydrogens is 401 g/mol. The number of carbonyl (C=O) groups is 2. The van der Waals surface area contributed by atoms with E-state index in [0.29, 0.717) is 41.1 Å². The first-order valence-corrected chi connectivity index (χ1v) is 9.60. The zero-order valence-electron chi connectivity index (χ0n) is 16.5. The van der Waals surface area contributed by atoms with Gasteiger partial charge in [-0.2, -0.15) is 0 Å². The Balaban J connectivity index is 0.000000696. The Morgan fingerprint density at radius 2 is 2.07 bits per heavy atom. The van der Waals surface area contributed by atoms with Crippen LogP contribution < -0.4 is 20.3 Å². The molecule has 2 rings (SSSR count). The lowest BCUT2D eigenvalue weighted by atomic mass is 10.1. The quantitative estimate of drug-likeness (QED) is 0.416. The van der Waals surface area contributed by atoms with E-state index in [0.717, 1.165) is 17.7 Å². The molecule has 1 aromatic carbocycles. The van der Waals surface area contributed by atoms with Gasteiger partial charge in [-0.15, -0.1) is 5.92 Å². The van der Waals surface area contributed by atoms with Crippen LogP contribution in [0.3, 0.4) is 0 Å². The van der Waals surface area contributed by atoms with Crippen molar-refractivity contribution in [2.45, 2.75) is 27.7 Å². The third-order valence-electron chi connectivity index (χ3n) is 3.76. The lowest BCUT2D eigenvalue weighted by Gasteiger charge is -2.29. The van der Waals surface area contributed by atoms with Crippen LogP contribution in [0.2, 0.25) is 5.02 Å². The number of halogens is 2. The summed E-state index contributed by atoms with van der Waals surface area (Å²) in [5.41, 5.74) is 2.22. The van der Waals surface area contributed by atoms with E-state index in [1.165, 1.54) is 0 Å². The van der Waals surface area contributed by atoms with E-state index in [-0.39, 0.29) is 12.5 Å². The maximum absolute atomic E-state index is 12.1. The molecule has 2 N–H and O–H groups in total. The van der Waals surface area contributed by atoms with Gasteiger partial charge >= 0.3 is 0 Å². The second kappa shape index (κ2) is 12.2. The number of nitrogens with one attached hydrogen (secondary N) is 2. The van der Waals surface area contributed by atoms with Gasteiger partial charge in [0.15, 0.2) is 6.61 Å². The summed E-state index contributed by atoms with van der Waals surface area (Å²) in [6, 6.07) is 3.53. The maximum Gasteiger partial charge on any atom is 0.265 e. The fourth-order valence-electron chi connectivity index (χ4n) is 2.33. The molecule has 6 nitrogen and oxygen atoms in total. The van der Waals surface area contributed by atoms with Gasteiger partial charge in [0.2, 0.25) is 6.41 Å². The first-order valence-electron chi connectivity index (χ1n) is 8.85. The van der Waals surface area contributed by atoms with Crippen molar-refractivity contribution in [3.05, 3.63) is 27.9 Å². The van der Waals surface area contributed by atoms with Crippen molar-refractivity contribution in [3.63, 3.8) is 0 Å². The molecule has 0 saturated heterocycles. The SMILES string of the molecule is CC#CCN1C(=O)COc2cc(Cl)c(/C(C)=C(\Cl)NCC)cc21.CCNC=O. The minimum absolute atomic E-state index is 0.0129. The Labute approximate surface area is 176 Å². The summed E-state index contributed by atoms with van der Waals surface area (Å²) < 4.78 is 5.48. The highest BCUT2D eigenvalue weighted by Gasteiger charge is 2.26. The molecule has 0 radical (unpaired) electrons. The summed E-state index contributed by atoms with van der Waals surface area (Å²) in [7, 11) is 0. The molecule has 0 fully saturated rings. The van der Waals surface area contributed by atoms with E-state index in [1.807, 2.05) is 26.8 Å². The van der Waals surface area contributed by atoms with Gasteiger partial charge in [-0.25, -0.2) is 0 Å². The Bertz CT molecular complexity index is 798. The number of rotatable bonds is 6. The molecule has 0 aliphatic carbocycles. The molecule has 1 heterocycles.